The number of hydrazine groups is 1. The van der Waals surface area contributed by atoms with Crippen molar-refractivity contribution < 1.29 is 9.53 Å². The second-order valence-electron chi connectivity index (χ2n) is 8.09. The minimum atomic E-state index is -0.611. The highest BCUT2D eigenvalue weighted by molar-refractivity contribution is 6.28. The highest BCUT2D eigenvalue weighted by atomic mass is 35.5. The van der Waals surface area contributed by atoms with Gasteiger partial charge >= 0.3 is 0 Å². The molecule has 174 valence electrons. The zero-order chi connectivity index (χ0) is 23.5. The number of carbonyl (C=O) groups excluding carboxylic acids is 1. The smallest absolute Gasteiger partial charge is 0.263 e. The van der Waals surface area contributed by atoms with Crippen LogP contribution in [-0.2, 0) is 9.53 Å². The fourth-order valence-electron chi connectivity index (χ4n) is 4.33. The average Bonchev–Trinajstić information content (AvgIpc) is 3.52. The summed E-state index contributed by atoms with van der Waals surface area (Å²) in [4.78, 5) is 25.2. The van der Waals surface area contributed by atoms with Crippen molar-refractivity contribution in [1.82, 2.24) is 24.9 Å². The third kappa shape index (κ3) is 4.45. The van der Waals surface area contributed by atoms with Crippen LogP contribution in [0.2, 0.25) is 5.28 Å². The zero-order valence-corrected chi connectivity index (χ0v) is 19.0. The van der Waals surface area contributed by atoms with E-state index in [1.165, 1.54) is 11.1 Å². The van der Waals surface area contributed by atoms with Crippen LogP contribution >= 0.6 is 11.6 Å². The Hall–Kier alpha value is -3.53. The van der Waals surface area contributed by atoms with E-state index >= 15 is 0 Å². The van der Waals surface area contributed by atoms with Crippen molar-refractivity contribution in [3.05, 3.63) is 83.4 Å². The van der Waals surface area contributed by atoms with E-state index in [0.29, 0.717) is 36.4 Å². The second-order valence-corrected chi connectivity index (χ2v) is 8.42. The number of amides is 1. The molecule has 5 rings (SSSR count). The molecule has 2 aromatic heterocycles. The molecule has 1 aliphatic rings. The van der Waals surface area contributed by atoms with Crippen LogP contribution in [0.4, 0.5) is 5.82 Å². The normalized spacial score (nSPS) is 17.9. The molecular weight excluding hydrogens is 454 g/mol. The Labute approximate surface area is 201 Å². The van der Waals surface area contributed by atoms with Gasteiger partial charge in [0.05, 0.1) is 6.33 Å². The van der Waals surface area contributed by atoms with Gasteiger partial charge in [0.25, 0.3) is 5.91 Å². The van der Waals surface area contributed by atoms with E-state index in [0.717, 1.165) is 0 Å². The monoisotopic (exact) mass is 477 g/mol. The summed E-state index contributed by atoms with van der Waals surface area (Å²) in [5.74, 6) is 5.53. The number of halogens is 1. The summed E-state index contributed by atoms with van der Waals surface area (Å²) in [5, 5.41) is 3.53. The molecule has 1 amide bonds. The van der Waals surface area contributed by atoms with Gasteiger partial charge in [-0.25, -0.2) is 10.8 Å². The van der Waals surface area contributed by atoms with Gasteiger partial charge in [0.15, 0.2) is 17.0 Å². The van der Waals surface area contributed by atoms with Crippen LogP contribution in [0.1, 0.15) is 36.1 Å². The van der Waals surface area contributed by atoms with Gasteiger partial charge in [0.2, 0.25) is 5.28 Å². The summed E-state index contributed by atoms with van der Waals surface area (Å²) in [6.45, 7) is 0.585. The zero-order valence-electron chi connectivity index (χ0n) is 18.3. The molecule has 3 heterocycles. The predicted molar refractivity (Wildman–Crippen MR) is 129 cm³/mol. The first-order chi connectivity index (χ1) is 16.6. The quantitative estimate of drug-likeness (QED) is 0.161. The van der Waals surface area contributed by atoms with Crippen molar-refractivity contribution >= 4 is 34.5 Å². The number of carbonyl (C=O) groups is 1. The lowest BCUT2D eigenvalue weighted by Gasteiger charge is -2.19. The van der Waals surface area contributed by atoms with E-state index in [9.17, 15) is 4.79 Å². The van der Waals surface area contributed by atoms with E-state index < -0.39 is 12.3 Å². The molecule has 0 aliphatic carbocycles. The number of nitrogens with one attached hydrogen (secondary N) is 2. The molecule has 4 aromatic rings. The Balaban J connectivity index is 1.42. The molecule has 9 nitrogen and oxygen atoms in total. The molecule has 2 aromatic carbocycles. The summed E-state index contributed by atoms with van der Waals surface area (Å²) in [7, 11) is 0. The number of hydrogen-bond acceptors (Lipinski definition) is 7. The van der Waals surface area contributed by atoms with Gasteiger partial charge in [-0.1, -0.05) is 60.7 Å². The van der Waals surface area contributed by atoms with Crippen LogP contribution in [-0.4, -0.2) is 38.1 Å². The lowest BCUT2D eigenvalue weighted by Crippen LogP contribution is -2.38. The van der Waals surface area contributed by atoms with Crippen LogP contribution < -0.4 is 16.6 Å². The lowest BCUT2D eigenvalue weighted by atomic mass is 9.91. The van der Waals surface area contributed by atoms with Gasteiger partial charge in [-0.15, -0.1) is 0 Å². The van der Waals surface area contributed by atoms with E-state index in [1.54, 1.807) is 10.9 Å². The highest BCUT2D eigenvalue weighted by Crippen LogP contribution is 2.33. The maximum Gasteiger partial charge on any atom is 0.263 e. The Morgan fingerprint density at radius 1 is 1.09 bits per heavy atom. The average molecular weight is 478 g/mol. The van der Waals surface area contributed by atoms with E-state index in [-0.39, 0.29) is 17.1 Å². The highest BCUT2D eigenvalue weighted by Gasteiger charge is 2.32. The number of anilines is 1. The summed E-state index contributed by atoms with van der Waals surface area (Å²) < 4.78 is 7.65. The lowest BCUT2D eigenvalue weighted by molar-refractivity contribution is -0.134. The van der Waals surface area contributed by atoms with Crippen molar-refractivity contribution in [2.24, 2.45) is 5.84 Å². The maximum absolute atomic E-state index is 11.8. The van der Waals surface area contributed by atoms with E-state index in [2.05, 4.69) is 50.0 Å². The largest absolute Gasteiger partial charge is 0.367 e. The summed E-state index contributed by atoms with van der Waals surface area (Å²) in [6.07, 6.45) is 1.80. The van der Waals surface area contributed by atoms with Gasteiger partial charge in [-0.2, -0.15) is 9.97 Å². The first kappa shape index (κ1) is 22.3. The number of aromatic nitrogens is 4. The number of hydrogen-bond donors (Lipinski definition) is 3. The first-order valence-electron chi connectivity index (χ1n) is 11.0. The van der Waals surface area contributed by atoms with Crippen molar-refractivity contribution in [1.29, 1.82) is 0 Å². The molecule has 0 saturated carbocycles. The topological polar surface area (TPSA) is 120 Å². The fraction of sp³-hybridized carbons (Fsp3) is 0.250. The molecule has 1 aliphatic heterocycles. The van der Waals surface area contributed by atoms with Crippen LogP contribution in [0.3, 0.4) is 0 Å². The molecule has 1 saturated heterocycles. The number of nitrogens with zero attached hydrogens (tertiary/aromatic N) is 4. The van der Waals surface area contributed by atoms with Crippen LogP contribution in [0.25, 0.3) is 11.2 Å². The SMILES string of the molecule is NNC(=O)C1CCC(n2cnc3c(NCC(c4ccccc4)c4ccccc4)nc(Cl)nc32)O1. The minimum absolute atomic E-state index is 0.0990. The molecule has 2 unspecified atom stereocenters. The molecular formula is C24H24ClN7O2. The Morgan fingerprint density at radius 2 is 1.76 bits per heavy atom. The second kappa shape index (κ2) is 9.76. The first-order valence-corrected chi connectivity index (χ1v) is 11.4. The van der Waals surface area contributed by atoms with Crippen molar-refractivity contribution in [3.8, 4) is 0 Å². The number of benzene rings is 2. The van der Waals surface area contributed by atoms with E-state index in [1.807, 2.05) is 36.4 Å². The van der Waals surface area contributed by atoms with Crippen molar-refractivity contribution in [3.63, 3.8) is 0 Å². The number of nitrogens with two attached hydrogens (primary N) is 1. The Morgan fingerprint density at radius 3 is 2.41 bits per heavy atom. The number of ether oxygens (including phenoxy) is 1. The number of fused-ring (bicyclic) bond motifs is 1. The molecule has 4 N–H and O–H groups in total. The summed E-state index contributed by atoms with van der Waals surface area (Å²) in [6, 6.07) is 20.6. The molecule has 1 fully saturated rings. The summed E-state index contributed by atoms with van der Waals surface area (Å²) in [5.41, 5.74) is 5.63. The van der Waals surface area contributed by atoms with Crippen molar-refractivity contribution in [2.45, 2.75) is 31.1 Å². The molecule has 10 heteroatoms. The maximum atomic E-state index is 11.8. The van der Waals surface area contributed by atoms with Gasteiger partial charge in [-0.05, 0) is 35.6 Å². The molecule has 0 bridgehead atoms. The Bertz CT molecular complexity index is 1240. The van der Waals surface area contributed by atoms with Crippen molar-refractivity contribution in [2.75, 3.05) is 11.9 Å². The number of rotatable bonds is 7. The van der Waals surface area contributed by atoms with Gasteiger partial charge in [0.1, 0.15) is 12.3 Å². The molecule has 2 atom stereocenters. The third-order valence-electron chi connectivity index (χ3n) is 6.01. The predicted octanol–water partition coefficient (Wildman–Crippen LogP) is 3.39. The van der Waals surface area contributed by atoms with E-state index in [4.69, 9.17) is 22.2 Å². The van der Waals surface area contributed by atoms with Gasteiger partial charge in [0, 0.05) is 12.5 Å². The standard InChI is InChI=1S/C24H24ClN7O2/c25-24-29-21(27-13-17(15-7-3-1-4-8-15)16-9-5-2-6-10-16)20-22(30-24)32(14-28-20)19-12-11-18(34-19)23(33)31-26/h1-10,14,17-19H,11-13,26H2,(H,31,33)(H,27,29,30). The van der Waals surface area contributed by atoms with Crippen LogP contribution in [0, 0.1) is 0 Å². The summed E-state index contributed by atoms with van der Waals surface area (Å²) >= 11 is 6.29. The molecule has 0 radical (unpaired) electrons. The van der Waals surface area contributed by atoms with Crippen LogP contribution in [0.15, 0.2) is 67.0 Å². The Kier molecular flexibility index (Phi) is 6.39. The minimum Gasteiger partial charge on any atom is -0.367 e. The van der Waals surface area contributed by atoms with Gasteiger partial charge < -0.3 is 10.1 Å². The molecule has 34 heavy (non-hydrogen) atoms. The molecule has 0 spiro atoms. The third-order valence-corrected chi connectivity index (χ3v) is 6.18. The fourth-order valence-corrected chi connectivity index (χ4v) is 4.50. The van der Waals surface area contributed by atoms with Crippen LogP contribution in [0.5, 0.6) is 0 Å². The number of imidazole rings is 1. The van der Waals surface area contributed by atoms with Gasteiger partial charge in [-0.3, -0.25) is 14.8 Å².